The van der Waals surface area contributed by atoms with Crippen molar-refractivity contribution < 1.29 is 9.26 Å². The summed E-state index contributed by atoms with van der Waals surface area (Å²) in [7, 11) is 0. The van der Waals surface area contributed by atoms with Gasteiger partial charge in [-0.2, -0.15) is 4.98 Å². The number of nitrogens with one attached hydrogen (secondary N) is 1. The van der Waals surface area contributed by atoms with Crippen molar-refractivity contribution in [1.29, 1.82) is 0 Å². The first-order valence-electron chi connectivity index (χ1n) is 7.76. The molecule has 0 atom stereocenters. The Morgan fingerprint density at radius 2 is 2.14 bits per heavy atom. The fraction of sp³-hybridized carbons (Fsp3) is 0.667. The van der Waals surface area contributed by atoms with Crippen LogP contribution < -0.4 is 5.32 Å². The van der Waals surface area contributed by atoms with E-state index in [9.17, 15) is 0 Å². The molecule has 0 spiro atoms. The Balaban J connectivity index is 1.72. The van der Waals surface area contributed by atoms with Crippen LogP contribution in [0, 0.1) is 0 Å². The molecule has 3 rings (SSSR count). The van der Waals surface area contributed by atoms with Gasteiger partial charge >= 0.3 is 0 Å². The molecule has 2 aromatic heterocycles. The average Bonchev–Trinajstić information content (AvgIpc) is 3.01. The summed E-state index contributed by atoms with van der Waals surface area (Å²) in [5.74, 6) is 0.770. The van der Waals surface area contributed by atoms with Crippen LogP contribution in [0.5, 0.6) is 0 Å². The van der Waals surface area contributed by atoms with Crippen LogP contribution in [0.1, 0.15) is 45.4 Å². The van der Waals surface area contributed by atoms with Crippen LogP contribution in [0.2, 0.25) is 0 Å². The first kappa shape index (κ1) is 14.3. The first-order valence-corrected chi connectivity index (χ1v) is 7.76. The van der Waals surface area contributed by atoms with Crippen LogP contribution >= 0.6 is 0 Å². The van der Waals surface area contributed by atoms with Crippen molar-refractivity contribution in [3.8, 4) is 0 Å². The minimum Gasteiger partial charge on any atom is -0.373 e. The maximum absolute atomic E-state index is 6.19. The van der Waals surface area contributed by atoms with E-state index < -0.39 is 0 Å². The van der Waals surface area contributed by atoms with E-state index in [1.807, 2.05) is 0 Å². The summed E-state index contributed by atoms with van der Waals surface area (Å²) < 4.78 is 11.3. The summed E-state index contributed by atoms with van der Waals surface area (Å²) in [6, 6.07) is 0. The average molecular weight is 290 g/mol. The molecule has 0 radical (unpaired) electrons. The van der Waals surface area contributed by atoms with Gasteiger partial charge in [-0.15, -0.1) is 0 Å². The molecule has 6 nitrogen and oxygen atoms in total. The summed E-state index contributed by atoms with van der Waals surface area (Å²) >= 11 is 0. The van der Waals surface area contributed by atoms with Crippen molar-refractivity contribution in [3.63, 3.8) is 0 Å². The molecular formula is C15H22N4O2. The highest BCUT2D eigenvalue weighted by molar-refractivity contribution is 5.84. The molecule has 0 aliphatic heterocycles. The number of anilines is 1. The van der Waals surface area contributed by atoms with Gasteiger partial charge in [-0.25, -0.2) is 4.98 Å². The standard InChI is InChI=1S/C15H22N4O2/c1-2-8-20-15(6-4-3-5-7-15)10-16-13-12-9-19-21-14(12)18-11-17-13/h9,11H,2-8,10H2,1H3,(H,16,17,18). The lowest BCUT2D eigenvalue weighted by Crippen LogP contribution is -2.42. The highest BCUT2D eigenvalue weighted by atomic mass is 16.5. The van der Waals surface area contributed by atoms with Crippen molar-refractivity contribution >= 4 is 16.9 Å². The molecule has 0 bridgehead atoms. The SMILES string of the molecule is CCCOC1(CNc2ncnc3oncc23)CCCCC1. The molecule has 2 aromatic rings. The predicted molar refractivity (Wildman–Crippen MR) is 80.1 cm³/mol. The lowest BCUT2D eigenvalue weighted by molar-refractivity contribution is -0.0598. The predicted octanol–water partition coefficient (Wildman–Crippen LogP) is 3.16. The van der Waals surface area contributed by atoms with Gasteiger partial charge in [-0.1, -0.05) is 31.3 Å². The second-order valence-electron chi connectivity index (χ2n) is 5.71. The normalized spacial score (nSPS) is 18.0. The lowest BCUT2D eigenvalue weighted by atomic mass is 9.84. The second kappa shape index (κ2) is 6.39. The summed E-state index contributed by atoms with van der Waals surface area (Å²) in [5, 5.41) is 8.01. The number of nitrogens with zero attached hydrogens (tertiary/aromatic N) is 3. The monoisotopic (exact) mass is 290 g/mol. The Morgan fingerprint density at radius 1 is 1.29 bits per heavy atom. The zero-order valence-corrected chi connectivity index (χ0v) is 12.5. The maximum Gasteiger partial charge on any atom is 0.262 e. The zero-order valence-electron chi connectivity index (χ0n) is 12.5. The van der Waals surface area contributed by atoms with Gasteiger partial charge in [0.15, 0.2) is 0 Å². The topological polar surface area (TPSA) is 73.1 Å². The highest BCUT2D eigenvalue weighted by Crippen LogP contribution is 2.32. The van der Waals surface area contributed by atoms with Crippen LogP contribution in [-0.2, 0) is 4.74 Å². The number of rotatable bonds is 6. The third-order valence-electron chi connectivity index (χ3n) is 4.12. The Bertz CT molecular complexity index is 578. The minimum atomic E-state index is -0.0668. The summed E-state index contributed by atoms with van der Waals surface area (Å²) in [5.41, 5.74) is 0.447. The van der Waals surface area contributed by atoms with Gasteiger partial charge in [0.2, 0.25) is 0 Å². The van der Waals surface area contributed by atoms with Crippen molar-refractivity contribution in [3.05, 3.63) is 12.5 Å². The van der Waals surface area contributed by atoms with Gasteiger partial charge in [-0.3, -0.25) is 0 Å². The number of ether oxygens (including phenoxy) is 1. The van der Waals surface area contributed by atoms with Gasteiger partial charge in [0.25, 0.3) is 5.71 Å². The fourth-order valence-corrected chi connectivity index (χ4v) is 2.97. The Labute approximate surface area is 124 Å². The van der Waals surface area contributed by atoms with E-state index in [1.165, 1.54) is 25.6 Å². The van der Waals surface area contributed by atoms with Crippen molar-refractivity contribution in [2.24, 2.45) is 0 Å². The molecule has 0 saturated heterocycles. The van der Waals surface area contributed by atoms with Gasteiger partial charge in [0.1, 0.15) is 17.5 Å². The van der Waals surface area contributed by atoms with Crippen LogP contribution in [0.15, 0.2) is 17.0 Å². The van der Waals surface area contributed by atoms with Crippen molar-refractivity contribution in [2.45, 2.75) is 51.0 Å². The highest BCUT2D eigenvalue weighted by Gasteiger charge is 2.32. The maximum atomic E-state index is 6.19. The van der Waals surface area contributed by atoms with E-state index in [-0.39, 0.29) is 5.60 Å². The molecule has 2 heterocycles. The summed E-state index contributed by atoms with van der Waals surface area (Å²) in [4.78, 5) is 8.35. The molecular weight excluding hydrogens is 268 g/mol. The molecule has 6 heteroatoms. The van der Waals surface area contributed by atoms with Crippen LogP contribution in [-0.4, -0.2) is 33.9 Å². The van der Waals surface area contributed by atoms with Crippen molar-refractivity contribution in [2.75, 3.05) is 18.5 Å². The third-order valence-corrected chi connectivity index (χ3v) is 4.12. The van der Waals surface area contributed by atoms with E-state index in [0.29, 0.717) is 5.71 Å². The summed E-state index contributed by atoms with van der Waals surface area (Å²) in [6.07, 6.45) is 10.2. The molecule has 1 saturated carbocycles. The number of hydrogen-bond donors (Lipinski definition) is 1. The largest absolute Gasteiger partial charge is 0.373 e. The minimum absolute atomic E-state index is 0.0668. The van der Waals surface area contributed by atoms with E-state index in [4.69, 9.17) is 9.26 Å². The third kappa shape index (κ3) is 3.15. The summed E-state index contributed by atoms with van der Waals surface area (Å²) in [6.45, 7) is 3.73. The molecule has 114 valence electrons. The Kier molecular flexibility index (Phi) is 4.34. The van der Waals surface area contributed by atoms with Gasteiger partial charge < -0.3 is 14.6 Å². The molecule has 0 amide bonds. The first-order chi connectivity index (χ1) is 10.3. The van der Waals surface area contributed by atoms with Crippen LogP contribution in [0.25, 0.3) is 11.1 Å². The molecule has 0 aromatic carbocycles. The Morgan fingerprint density at radius 3 is 2.95 bits per heavy atom. The number of hydrogen-bond acceptors (Lipinski definition) is 6. The second-order valence-corrected chi connectivity index (χ2v) is 5.71. The zero-order chi connectivity index (χ0) is 14.5. The fourth-order valence-electron chi connectivity index (χ4n) is 2.97. The smallest absolute Gasteiger partial charge is 0.262 e. The van der Waals surface area contributed by atoms with E-state index in [0.717, 1.165) is 43.6 Å². The van der Waals surface area contributed by atoms with E-state index in [2.05, 4.69) is 27.4 Å². The molecule has 1 N–H and O–H groups in total. The number of aromatic nitrogens is 3. The quantitative estimate of drug-likeness (QED) is 0.881. The Hall–Kier alpha value is -1.69. The molecule has 0 unspecified atom stereocenters. The molecule has 21 heavy (non-hydrogen) atoms. The number of fused-ring (bicyclic) bond motifs is 1. The van der Waals surface area contributed by atoms with Gasteiger partial charge in [0, 0.05) is 13.2 Å². The lowest BCUT2D eigenvalue weighted by Gasteiger charge is -2.37. The van der Waals surface area contributed by atoms with Crippen LogP contribution in [0.4, 0.5) is 5.82 Å². The van der Waals surface area contributed by atoms with Gasteiger partial charge in [0.05, 0.1) is 11.8 Å². The van der Waals surface area contributed by atoms with Crippen molar-refractivity contribution in [1.82, 2.24) is 15.1 Å². The van der Waals surface area contributed by atoms with E-state index in [1.54, 1.807) is 6.20 Å². The molecule has 1 aliphatic carbocycles. The molecule has 1 aliphatic rings. The van der Waals surface area contributed by atoms with Gasteiger partial charge in [-0.05, 0) is 19.3 Å². The van der Waals surface area contributed by atoms with Crippen LogP contribution in [0.3, 0.4) is 0 Å². The van der Waals surface area contributed by atoms with E-state index >= 15 is 0 Å². The molecule has 1 fully saturated rings.